The van der Waals surface area contributed by atoms with Crippen LogP contribution in [0.4, 0.5) is 4.39 Å². The Labute approximate surface area is 118 Å². The molecule has 4 rings (SSSR count). The van der Waals surface area contributed by atoms with E-state index in [1.54, 1.807) is 6.07 Å². The van der Waals surface area contributed by atoms with Crippen molar-refractivity contribution in [3.05, 3.63) is 29.8 Å². The summed E-state index contributed by atoms with van der Waals surface area (Å²) in [6, 6.07) is 5.39. The lowest BCUT2D eigenvalue weighted by atomic mass is 9.84. The second kappa shape index (κ2) is 4.29. The van der Waals surface area contributed by atoms with Crippen molar-refractivity contribution in [3.63, 3.8) is 0 Å². The van der Waals surface area contributed by atoms with Gasteiger partial charge in [-0.05, 0) is 50.2 Å². The fourth-order valence-corrected chi connectivity index (χ4v) is 4.44. The molecule has 2 fully saturated rings. The number of aromatic nitrogens is 2. The van der Waals surface area contributed by atoms with E-state index in [0.29, 0.717) is 23.3 Å². The highest BCUT2D eigenvalue weighted by Crippen LogP contribution is 2.52. The Morgan fingerprint density at radius 3 is 2.85 bits per heavy atom. The van der Waals surface area contributed by atoms with Crippen LogP contribution in [0.1, 0.15) is 37.9 Å². The molecule has 2 saturated carbocycles. The molecule has 2 aromatic rings. The maximum atomic E-state index is 14.0. The molecule has 0 radical (unpaired) electrons. The zero-order valence-corrected chi connectivity index (χ0v) is 11.7. The van der Waals surface area contributed by atoms with Gasteiger partial charge in [0, 0.05) is 18.5 Å². The van der Waals surface area contributed by atoms with Crippen molar-refractivity contribution < 1.29 is 4.39 Å². The molecule has 4 heteroatoms. The second-order valence-electron chi connectivity index (χ2n) is 6.26. The van der Waals surface area contributed by atoms with Crippen LogP contribution in [0.3, 0.4) is 0 Å². The SMILES string of the molecule is CCn1c(C2C3CCC(C3)C2N)nc2c(F)cccc21. The quantitative estimate of drug-likeness (QED) is 0.914. The predicted molar refractivity (Wildman–Crippen MR) is 76.9 cm³/mol. The molecule has 2 aliphatic carbocycles. The highest BCUT2D eigenvalue weighted by Gasteiger charge is 2.48. The van der Waals surface area contributed by atoms with Crippen LogP contribution in [0.5, 0.6) is 0 Å². The topological polar surface area (TPSA) is 43.8 Å². The lowest BCUT2D eigenvalue weighted by Gasteiger charge is -2.28. The van der Waals surface area contributed by atoms with Gasteiger partial charge in [0.2, 0.25) is 0 Å². The maximum Gasteiger partial charge on any atom is 0.151 e. The van der Waals surface area contributed by atoms with Crippen LogP contribution >= 0.6 is 0 Å². The van der Waals surface area contributed by atoms with E-state index in [2.05, 4.69) is 16.5 Å². The van der Waals surface area contributed by atoms with E-state index < -0.39 is 0 Å². The van der Waals surface area contributed by atoms with Gasteiger partial charge in [-0.1, -0.05) is 6.07 Å². The molecule has 2 bridgehead atoms. The predicted octanol–water partition coefficient (Wildman–Crippen LogP) is 3.04. The molecule has 2 N–H and O–H groups in total. The third-order valence-electron chi connectivity index (χ3n) is 5.35. The summed E-state index contributed by atoms with van der Waals surface area (Å²) in [5.74, 6) is 2.36. The van der Waals surface area contributed by atoms with Gasteiger partial charge < -0.3 is 10.3 Å². The minimum absolute atomic E-state index is 0.193. The zero-order chi connectivity index (χ0) is 13.9. The minimum Gasteiger partial charge on any atom is -0.328 e. The van der Waals surface area contributed by atoms with Crippen LogP contribution in [-0.2, 0) is 6.54 Å². The number of hydrogen-bond donors (Lipinski definition) is 1. The first kappa shape index (κ1) is 12.3. The average Bonchev–Trinajstić information content (AvgIpc) is 3.11. The molecule has 106 valence electrons. The van der Waals surface area contributed by atoms with Gasteiger partial charge in [-0.3, -0.25) is 0 Å². The van der Waals surface area contributed by atoms with Crippen LogP contribution in [-0.4, -0.2) is 15.6 Å². The molecule has 1 aromatic carbocycles. The summed E-state index contributed by atoms with van der Waals surface area (Å²) in [5.41, 5.74) is 7.83. The highest BCUT2D eigenvalue weighted by molar-refractivity contribution is 5.76. The number of rotatable bonds is 2. The number of halogens is 1. The molecule has 4 unspecified atom stereocenters. The van der Waals surface area contributed by atoms with Crippen molar-refractivity contribution in [1.82, 2.24) is 9.55 Å². The van der Waals surface area contributed by atoms with Crippen LogP contribution in [0.25, 0.3) is 11.0 Å². The van der Waals surface area contributed by atoms with Gasteiger partial charge in [-0.15, -0.1) is 0 Å². The zero-order valence-electron chi connectivity index (χ0n) is 11.7. The fourth-order valence-electron chi connectivity index (χ4n) is 4.44. The van der Waals surface area contributed by atoms with E-state index in [1.165, 1.54) is 25.3 Å². The number of nitrogens with zero attached hydrogens (tertiary/aromatic N) is 2. The summed E-state index contributed by atoms with van der Waals surface area (Å²) in [6.45, 7) is 2.91. The van der Waals surface area contributed by atoms with Crippen molar-refractivity contribution in [3.8, 4) is 0 Å². The Hall–Kier alpha value is -1.42. The number of benzene rings is 1. The summed E-state index contributed by atoms with van der Waals surface area (Å²) in [5, 5.41) is 0. The molecule has 0 aliphatic heterocycles. The number of imidazole rings is 1. The lowest BCUT2D eigenvalue weighted by Crippen LogP contribution is -2.35. The number of hydrogen-bond acceptors (Lipinski definition) is 2. The van der Waals surface area contributed by atoms with Crippen LogP contribution in [0.15, 0.2) is 18.2 Å². The van der Waals surface area contributed by atoms with Crippen molar-refractivity contribution in [2.75, 3.05) is 0 Å². The van der Waals surface area contributed by atoms with E-state index in [4.69, 9.17) is 5.73 Å². The Morgan fingerprint density at radius 1 is 1.35 bits per heavy atom. The molecule has 0 amide bonds. The van der Waals surface area contributed by atoms with Crippen LogP contribution in [0.2, 0.25) is 0 Å². The maximum absolute atomic E-state index is 14.0. The van der Waals surface area contributed by atoms with Crippen molar-refractivity contribution in [1.29, 1.82) is 0 Å². The first-order chi connectivity index (χ1) is 9.70. The summed E-state index contributed by atoms with van der Waals surface area (Å²) >= 11 is 0. The van der Waals surface area contributed by atoms with Crippen molar-refractivity contribution in [2.24, 2.45) is 17.6 Å². The third-order valence-corrected chi connectivity index (χ3v) is 5.35. The molecule has 4 atom stereocenters. The van der Waals surface area contributed by atoms with Crippen molar-refractivity contribution >= 4 is 11.0 Å². The Morgan fingerprint density at radius 2 is 2.15 bits per heavy atom. The van der Waals surface area contributed by atoms with Crippen LogP contribution < -0.4 is 5.73 Å². The molecule has 3 nitrogen and oxygen atoms in total. The summed E-state index contributed by atoms with van der Waals surface area (Å²) in [7, 11) is 0. The van der Waals surface area contributed by atoms with Gasteiger partial charge in [0.1, 0.15) is 11.3 Å². The fraction of sp³-hybridized carbons (Fsp3) is 0.562. The molecule has 2 aliphatic rings. The molecular weight excluding hydrogens is 253 g/mol. The van der Waals surface area contributed by atoms with E-state index in [-0.39, 0.29) is 11.9 Å². The number of aryl methyl sites for hydroxylation is 1. The minimum atomic E-state index is -0.229. The standard InChI is InChI=1S/C16H20FN3/c1-2-20-12-5-3-4-11(17)15(12)19-16(20)13-9-6-7-10(8-9)14(13)18/h3-5,9-10,13-14H,2,6-8,18H2,1H3. The monoisotopic (exact) mass is 273 g/mol. The molecular formula is C16H20FN3. The molecule has 0 spiro atoms. The number of fused-ring (bicyclic) bond motifs is 3. The van der Waals surface area contributed by atoms with Gasteiger partial charge in [-0.2, -0.15) is 0 Å². The van der Waals surface area contributed by atoms with Gasteiger partial charge in [0.15, 0.2) is 5.82 Å². The number of para-hydroxylation sites is 1. The van der Waals surface area contributed by atoms with Gasteiger partial charge >= 0.3 is 0 Å². The lowest BCUT2D eigenvalue weighted by molar-refractivity contribution is 0.347. The first-order valence-electron chi connectivity index (χ1n) is 7.61. The van der Waals surface area contributed by atoms with E-state index in [1.807, 2.05) is 6.07 Å². The Kier molecular flexibility index (Phi) is 2.64. The molecule has 1 aromatic heterocycles. The van der Waals surface area contributed by atoms with Gasteiger partial charge in [-0.25, -0.2) is 9.37 Å². The smallest absolute Gasteiger partial charge is 0.151 e. The number of nitrogens with two attached hydrogens (primary N) is 1. The Balaban J connectivity index is 1.89. The van der Waals surface area contributed by atoms with Gasteiger partial charge in [0.05, 0.1) is 5.52 Å². The van der Waals surface area contributed by atoms with E-state index >= 15 is 0 Å². The molecule has 0 saturated heterocycles. The molecule has 20 heavy (non-hydrogen) atoms. The normalized spacial score (nSPS) is 32.4. The highest BCUT2D eigenvalue weighted by atomic mass is 19.1. The van der Waals surface area contributed by atoms with Crippen molar-refractivity contribution in [2.45, 2.75) is 44.7 Å². The first-order valence-corrected chi connectivity index (χ1v) is 7.61. The van der Waals surface area contributed by atoms with E-state index in [9.17, 15) is 4.39 Å². The average molecular weight is 273 g/mol. The third kappa shape index (κ3) is 1.51. The molecule has 1 heterocycles. The Bertz CT molecular complexity index is 661. The summed E-state index contributed by atoms with van der Waals surface area (Å²) in [4.78, 5) is 4.64. The largest absolute Gasteiger partial charge is 0.328 e. The second-order valence-corrected chi connectivity index (χ2v) is 6.26. The summed E-state index contributed by atoms with van der Waals surface area (Å²) in [6.07, 6.45) is 3.72. The summed E-state index contributed by atoms with van der Waals surface area (Å²) < 4.78 is 16.1. The van der Waals surface area contributed by atoms with Gasteiger partial charge in [0.25, 0.3) is 0 Å². The van der Waals surface area contributed by atoms with Crippen LogP contribution in [0, 0.1) is 17.7 Å². The van der Waals surface area contributed by atoms with E-state index in [0.717, 1.165) is 17.9 Å².